The molecule has 1 amide bonds. The number of fused-ring (bicyclic) bond motifs is 1. The number of carbonyl (C=O) groups is 2. The Balaban J connectivity index is 1.29. The third-order valence-corrected chi connectivity index (χ3v) is 7.15. The van der Waals surface area contributed by atoms with Gasteiger partial charge in [-0.25, -0.2) is 4.79 Å². The summed E-state index contributed by atoms with van der Waals surface area (Å²) in [4.78, 5) is 38.5. The Morgan fingerprint density at radius 2 is 1.78 bits per heavy atom. The fourth-order valence-electron chi connectivity index (χ4n) is 4.18. The Hall–Kier alpha value is -4.89. The molecule has 5 aromatic rings. The molecule has 41 heavy (non-hydrogen) atoms. The van der Waals surface area contributed by atoms with Gasteiger partial charge in [-0.2, -0.15) is 0 Å². The van der Waals surface area contributed by atoms with Crippen molar-refractivity contribution in [3.05, 3.63) is 105 Å². The Morgan fingerprint density at radius 3 is 2.56 bits per heavy atom. The second-order valence-electron chi connectivity index (χ2n) is 9.23. The van der Waals surface area contributed by atoms with E-state index >= 15 is 0 Å². The summed E-state index contributed by atoms with van der Waals surface area (Å²) in [6.45, 7) is 5.44. The van der Waals surface area contributed by atoms with E-state index in [1.807, 2.05) is 67.8 Å². The predicted molar refractivity (Wildman–Crippen MR) is 158 cm³/mol. The summed E-state index contributed by atoms with van der Waals surface area (Å²) in [5.74, 6) is 0.00344. The average molecular weight is 570 g/mol. The molecule has 208 valence electrons. The van der Waals surface area contributed by atoms with Gasteiger partial charge in [-0.3, -0.25) is 9.59 Å². The van der Waals surface area contributed by atoms with Crippen LogP contribution < -0.4 is 20.2 Å². The Morgan fingerprint density at radius 1 is 0.976 bits per heavy atom. The molecule has 0 saturated heterocycles. The van der Waals surface area contributed by atoms with Crippen LogP contribution in [0.1, 0.15) is 28.4 Å². The van der Waals surface area contributed by atoms with Gasteiger partial charge in [0.05, 0.1) is 12.0 Å². The smallest absolute Gasteiger partial charge is 0.341 e. The van der Waals surface area contributed by atoms with Gasteiger partial charge in [0.1, 0.15) is 33.9 Å². The average Bonchev–Trinajstić information content (AvgIpc) is 3.39. The van der Waals surface area contributed by atoms with Gasteiger partial charge in [-0.05, 0) is 55.7 Å². The van der Waals surface area contributed by atoms with Crippen molar-refractivity contribution in [3.63, 3.8) is 0 Å². The number of rotatable bonds is 9. The van der Waals surface area contributed by atoms with Gasteiger partial charge in [-0.1, -0.05) is 42.5 Å². The molecule has 0 unspecified atom stereocenters. The first-order valence-corrected chi connectivity index (χ1v) is 13.8. The summed E-state index contributed by atoms with van der Waals surface area (Å²) in [6.07, 6.45) is 1.26. The number of benzene rings is 3. The zero-order valence-corrected chi connectivity index (χ0v) is 23.5. The second-order valence-corrected chi connectivity index (χ2v) is 10.1. The van der Waals surface area contributed by atoms with Crippen LogP contribution in [0.3, 0.4) is 0 Å². The van der Waals surface area contributed by atoms with Crippen LogP contribution in [0, 0.1) is 13.8 Å². The molecule has 0 aliphatic heterocycles. The maximum atomic E-state index is 13.0. The predicted octanol–water partition coefficient (Wildman–Crippen LogP) is 7.12. The summed E-state index contributed by atoms with van der Waals surface area (Å²) >= 11 is 1.23. The van der Waals surface area contributed by atoms with Crippen LogP contribution >= 0.6 is 11.3 Å². The highest BCUT2D eigenvalue weighted by Gasteiger charge is 2.23. The highest BCUT2D eigenvalue weighted by molar-refractivity contribution is 7.15. The molecule has 5 rings (SSSR count). The van der Waals surface area contributed by atoms with E-state index in [9.17, 15) is 14.4 Å². The van der Waals surface area contributed by atoms with Crippen molar-refractivity contribution in [2.75, 3.05) is 18.5 Å². The number of anilines is 1. The minimum Gasteiger partial charge on any atom is -0.484 e. The van der Waals surface area contributed by atoms with Crippen LogP contribution in [0.25, 0.3) is 22.1 Å². The zero-order valence-electron chi connectivity index (χ0n) is 22.7. The van der Waals surface area contributed by atoms with Gasteiger partial charge < -0.3 is 23.9 Å². The first kappa shape index (κ1) is 27.7. The molecule has 0 bridgehead atoms. The number of carbonyl (C=O) groups excluding carboxylic acids is 2. The van der Waals surface area contributed by atoms with E-state index < -0.39 is 11.9 Å². The number of hydrogen-bond acceptors (Lipinski definition) is 8. The van der Waals surface area contributed by atoms with E-state index in [-0.39, 0.29) is 30.0 Å². The number of aryl methyl sites for hydroxylation is 2. The molecular formula is C32H27NO7S. The molecule has 0 aliphatic carbocycles. The van der Waals surface area contributed by atoms with Crippen molar-refractivity contribution < 1.29 is 28.2 Å². The van der Waals surface area contributed by atoms with Crippen molar-refractivity contribution in [2.24, 2.45) is 0 Å². The van der Waals surface area contributed by atoms with Crippen molar-refractivity contribution in [3.8, 4) is 28.4 Å². The number of amides is 1. The standard InChI is InChI=1S/C32H27NO7S/c1-4-37-32(36)29-24(21-8-6-5-7-9-21)18-41-31(29)33-28(34)17-38-22-12-13-23-26(15-22)39-16-27(30(23)35)40-25-14-19(2)10-11-20(25)3/h5-16,18H,4,17H2,1-3H3,(H,33,34). The van der Waals surface area contributed by atoms with Crippen molar-refractivity contribution in [2.45, 2.75) is 20.8 Å². The molecule has 9 heteroatoms. The molecule has 0 atom stereocenters. The Kier molecular flexibility index (Phi) is 8.16. The lowest BCUT2D eigenvalue weighted by Gasteiger charge is -2.11. The monoisotopic (exact) mass is 569 g/mol. The maximum absolute atomic E-state index is 13.0. The van der Waals surface area contributed by atoms with Gasteiger partial charge in [0.15, 0.2) is 6.61 Å². The summed E-state index contributed by atoms with van der Waals surface area (Å²) in [7, 11) is 0. The van der Waals surface area contributed by atoms with E-state index in [1.165, 1.54) is 23.7 Å². The molecule has 0 radical (unpaired) electrons. The molecule has 0 saturated carbocycles. The summed E-state index contributed by atoms with van der Waals surface area (Å²) in [6, 6.07) is 19.8. The van der Waals surface area contributed by atoms with E-state index in [2.05, 4.69) is 5.32 Å². The number of thiophene rings is 1. The highest BCUT2D eigenvalue weighted by atomic mass is 32.1. The first-order chi connectivity index (χ1) is 19.8. The molecule has 2 heterocycles. The summed E-state index contributed by atoms with van der Waals surface area (Å²) in [5, 5.41) is 5.25. The molecule has 0 spiro atoms. The SMILES string of the molecule is CCOC(=O)c1c(-c2ccccc2)csc1NC(=O)COc1ccc2c(=O)c(Oc3cc(C)ccc3C)coc2c1. The number of hydrogen-bond donors (Lipinski definition) is 1. The van der Waals surface area contributed by atoms with Crippen LogP contribution in [0.5, 0.6) is 17.2 Å². The third kappa shape index (κ3) is 6.15. The summed E-state index contributed by atoms with van der Waals surface area (Å²) < 4.78 is 22.4. The third-order valence-electron chi connectivity index (χ3n) is 6.26. The van der Waals surface area contributed by atoms with Gasteiger partial charge in [0.25, 0.3) is 5.91 Å². The normalized spacial score (nSPS) is 10.8. The molecule has 0 fully saturated rings. The maximum Gasteiger partial charge on any atom is 0.341 e. The topological polar surface area (TPSA) is 104 Å². The fourth-order valence-corrected chi connectivity index (χ4v) is 5.16. The lowest BCUT2D eigenvalue weighted by Crippen LogP contribution is -2.21. The zero-order chi connectivity index (χ0) is 28.9. The van der Waals surface area contributed by atoms with E-state index in [0.29, 0.717) is 33.0 Å². The van der Waals surface area contributed by atoms with Gasteiger partial charge >= 0.3 is 5.97 Å². The van der Waals surface area contributed by atoms with Gasteiger partial charge in [-0.15, -0.1) is 11.3 Å². The van der Waals surface area contributed by atoms with E-state index in [1.54, 1.807) is 19.1 Å². The van der Waals surface area contributed by atoms with Crippen molar-refractivity contribution in [1.82, 2.24) is 0 Å². The highest BCUT2D eigenvalue weighted by Crippen LogP contribution is 2.36. The Bertz CT molecular complexity index is 1790. The second kappa shape index (κ2) is 12.1. The van der Waals surface area contributed by atoms with Crippen LogP contribution in [0.2, 0.25) is 0 Å². The lowest BCUT2D eigenvalue weighted by atomic mass is 10.0. The largest absolute Gasteiger partial charge is 0.484 e. The van der Waals surface area contributed by atoms with E-state index in [4.69, 9.17) is 18.6 Å². The molecular weight excluding hydrogens is 542 g/mol. The minimum absolute atomic E-state index is 0.0717. The lowest BCUT2D eigenvalue weighted by molar-refractivity contribution is -0.118. The first-order valence-electron chi connectivity index (χ1n) is 12.9. The molecule has 0 aliphatic rings. The van der Waals surface area contributed by atoms with Crippen LogP contribution in [-0.4, -0.2) is 25.1 Å². The molecule has 1 N–H and O–H groups in total. The number of ether oxygens (including phenoxy) is 3. The van der Waals surface area contributed by atoms with Crippen molar-refractivity contribution >= 4 is 39.2 Å². The minimum atomic E-state index is -0.519. The van der Waals surface area contributed by atoms with Crippen LogP contribution in [0.15, 0.2) is 87.6 Å². The quantitative estimate of drug-likeness (QED) is 0.188. The van der Waals surface area contributed by atoms with E-state index in [0.717, 1.165) is 16.7 Å². The van der Waals surface area contributed by atoms with Crippen LogP contribution in [0.4, 0.5) is 5.00 Å². The number of nitrogens with one attached hydrogen (secondary N) is 1. The Labute approximate surface area is 240 Å². The molecule has 3 aromatic carbocycles. The molecule has 2 aromatic heterocycles. The number of esters is 1. The summed E-state index contributed by atoms with van der Waals surface area (Å²) in [5.41, 5.74) is 3.67. The van der Waals surface area contributed by atoms with Gasteiger partial charge in [0.2, 0.25) is 11.2 Å². The van der Waals surface area contributed by atoms with Crippen LogP contribution in [-0.2, 0) is 9.53 Å². The molecule has 8 nitrogen and oxygen atoms in total. The fraction of sp³-hybridized carbons (Fsp3) is 0.156. The van der Waals surface area contributed by atoms with Gasteiger partial charge in [0, 0.05) is 17.0 Å². The van der Waals surface area contributed by atoms with Crippen molar-refractivity contribution in [1.29, 1.82) is 0 Å².